The molecule has 0 saturated heterocycles. The van der Waals surface area contributed by atoms with Gasteiger partial charge >= 0.3 is 0 Å². The van der Waals surface area contributed by atoms with E-state index in [4.69, 9.17) is 9.26 Å². The molecule has 0 saturated carbocycles. The number of rotatable bonds is 8. The summed E-state index contributed by atoms with van der Waals surface area (Å²) in [4.78, 5) is 23.9. The molecule has 0 radical (unpaired) electrons. The number of aromatic nitrogens is 1. The average Bonchev–Trinajstić information content (AvgIpc) is 3.21. The lowest BCUT2D eigenvalue weighted by Gasteiger charge is -2.07. The minimum atomic E-state index is -0.268. The van der Waals surface area contributed by atoms with Crippen molar-refractivity contribution < 1.29 is 18.8 Å². The first-order valence-corrected chi connectivity index (χ1v) is 8.98. The molecule has 7 heteroatoms. The molecule has 7 nitrogen and oxygen atoms in total. The first-order chi connectivity index (χ1) is 13.7. The van der Waals surface area contributed by atoms with Gasteiger partial charge in [-0.05, 0) is 42.8 Å². The molecule has 0 aliphatic carbocycles. The van der Waals surface area contributed by atoms with Crippen molar-refractivity contribution in [2.75, 3.05) is 11.9 Å². The number of anilines is 1. The number of hydrogen-bond donors (Lipinski definition) is 2. The van der Waals surface area contributed by atoms with Crippen LogP contribution < -0.4 is 15.4 Å². The van der Waals surface area contributed by atoms with Crippen molar-refractivity contribution in [3.8, 4) is 5.75 Å². The number of carbonyl (C=O) groups is 2. The summed E-state index contributed by atoms with van der Waals surface area (Å²) in [6.45, 7) is 2.70. The fourth-order valence-corrected chi connectivity index (χ4v) is 2.40. The van der Waals surface area contributed by atoms with Crippen LogP contribution in [0.5, 0.6) is 5.75 Å². The predicted octanol–water partition coefficient (Wildman–Crippen LogP) is 3.65. The van der Waals surface area contributed by atoms with E-state index in [9.17, 15) is 9.59 Å². The lowest BCUT2D eigenvalue weighted by atomic mass is 10.2. The standard InChI is InChI=1S/C21H21N3O4/c1-2-12-22-21(26)19-13-18(28-24-19)14-27-17-10-8-16(9-11-17)23-20(25)15-6-4-3-5-7-15/h3-11,13H,2,12,14H2,1H3,(H,22,26)(H,23,25). The third-order valence-electron chi connectivity index (χ3n) is 3.86. The van der Waals surface area contributed by atoms with Gasteiger partial charge in [-0.1, -0.05) is 30.3 Å². The van der Waals surface area contributed by atoms with E-state index in [0.29, 0.717) is 29.3 Å². The van der Waals surface area contributed by atoms with Crippen LogP contribution in [-0.2, 0) is 6.61 Å². The first-order valence-electron chi connectivity index (χ1n) is 8.98. The third-order valence-corrected chi connectivity index (χ3v) is 3.86. The quantitative estimate of drug-likeness (QED) is 0.623. The number of benzene rings is 2. The van der Waals surface area contributed by atoms with E-state index in [0.717, 1.165) is 6.42 Å². The second kappa shape index (κ2) is 9.36. The Bertz CT molecular complexity index is 920. The molecule has 3 aromatic rings. The fourth-order valence-electron chi connectivity index (χ4n) is 2.40. The maximum Gasteiger partial charge on any atom is 0.273 e. The van der Waals surface area contributed by atoms with E-state index in [2.05, 4.69) is 15.8 Å². The van der Waals surface area contributed by atoms with Crippen molar-refractivity contribution in [1.82, 2.24) is 10.5 Å². The van der Waals surface area contributed by atoms with Crippen LogP contribution >= 0.6 is 0 Å². The molecule has 3 rings (SSSR count). The monoisotopic (exact) mass is 379 g/mol. The highest BCUT2D eigenvalue weighted by molar-refractivity contribution is 6.04. The molecule has 1 aromatic heterocycles. The maximum atomic E-state index is 12.1. The van der Waals surface area contributed by atoms with E-state index in [1.54, 1.807) is 42.5 Å². The highest BCUT2D eigenvalue weighted by Crippen LogP contribution is 2.18. The van der Waals surface area contributed by atoms with Gasteiger partial charge < -0.3 is 19.9 Å². The number of ether oxygens (including phenoxy) is 1. The summed E-state index contributed by atoms with van der Waals surface area (Å²) >= 11 is 0. The minimum Gasteiger partial charge on any atom is -0.486 e. The minimum absolute atomic E-state index is 0.143. The summed E-state index contributed by atoms with van der Waals surface area (Å²) in [6.07, 6.45) is 0.849. The van der Waals surface area contributed by atoms with Crippen LogP contribution in [0.1, 0.15) is 40.0 Å². The van der Waals surface area contributed by atoms with E-state index >= 15 is 0 Å². The average molecular weight is 379 g/mol. The summed E-state index contributed by atoms with van der Waals surface area (Å²) < 4.78 is 10.8. The van der Waals surface area contributed by atoms with Gasteiger partial charge in [-0.15, -0.1) is 0 Å². The zero-order valence-corrected chi connectivity index (χ0v) is 15.5. The molecule has 0 spiro atoms. The molecular weight excluding hydrogens is 358 g/mol. The molecule has 0 aliphatic heterocycles. The van der Waals surface area contributed by atoms with Crippen molar-refractivity contribution in [1.29, 1.82) is 0 Å². The van der Waals surface area contributed by atoms with Gasteiger partial charge in [-0.25, -0.2) is 0 Å². The lowest BCUT2D eigenvalue weighted by molar-refractivity contribution is 0.0943. The Morgan fingerprint density at radius 3 is 2.50 bits per heavy atom. The second-order valence-corrected chi connectivity index (χ2v) is 6.07. The first kappa shape index (κ1) is 19.2. The number of amides is 2. The molecule has 2 amide bonds. The molecule has 0 fully saturated rings. The molecule has 0 unspecified atom stereocenters. The normalized spacial score (nSPS) is 10.3. The summed E-state index contributed by atoms with van der Waals surface area (Å²) in [6, 6.07) is 17.5. The Kier molecular flexibility index (Phi) is 6.41. The highest BCUT2D eigenvalue weighted by Gasteiger charge is 2.12. The van der Waals surface area contributed by atoms with Crippen molar-refractivity contribution in [3.05, 3.63) is 77.7 Å². The molecule has 28 heavy (non-hydrogen) atoms. The van der Waals surface area contributed by atoms with Crippen LogP contribution in [0.3, 0.4) is 0 Å². The van der Waals surface area contributed by atoms with Gasteiger partial charge in [-0.2, -0.15) is 0 Å². The van der Waals surface area contributed by atoms with Crippen LogP contribution in [0.2, 0.25) is 0 Å². The van der Waals surface area contributed by atoms with Gasteiger partial charge in [0, 0.05) is 23.9 Å². The molecule has 144 valence electrons. The fraction of sp³-hybridized carbons (Fsp3) is 0.190. The van der Waals surface area contributed by atoms with Crippen LogP contribution in [0.15, 0.2) is 65.2 Å². The highest BCUT2D eigenvalue weighted by atomic mass is 16.5. The summed E-state index contributed by atoms with van der Waals surface area (Å²) in [7, 11) is 0. The molecule has 1 heterocycles. The number of carbonyl (C=O) groups excluding carboxylic acids is 2. The van der Waals surface area contributed by atoms with Gasteiger partial charge in [0.2, 0.25) is 0 Å². The van der Waals surface area contributed by atoms with Crippen molar-refractivity contribution >= 4 is 17.5 Å². The van der Waals surface area contributed by atoms with Crippen molar-refractivity contribution in [3.63, 3.8) is 0 Å². The summed E-state index contributed by atoms with van der Waals surface area (Å²) in [5.74, 6) is 0.606. The van der Waals surface area contributed by atoms with Gasteiger partial charge in [-0.3, -0.25) is 9.59 Å². The van der Waals surface area contributed by atoms with Gasteiger partial charge in [0.1, 0.15) is 12.4 Å². The molecular formula is C21H21N3O4. The van der Waals surface area contributed by atoms with Crippen molar-refractivity contribution in [2.24, 2.45) is 0 Å². The molecule has 2 N–H and O–H groups in total. The zero-order valence-electron chi connectivity index (χ0n) is 15.5. The Hall–Kier alpha value is -3.61. The number of nitrogens with zero attached hydrogens (tertiary/aromatic N) is 1. The smallest absolute Gasteiger partial charge is 0.273 e. The Balaban J connectivity index is 1.51. The zero-order chi connectivity index (χ0) is 19.8. The maximum absolute atomic E-state index is 12.1. The molecule has 0 aliphatic rings. The largest absolute Gasteiger partial charge is 0.486 e. The van der Waals surface area contributed by atoms with Crippen LogP contribution in [0.25, 0.3) is 0 Å². The van der Waals surface area contributed by atoms with Crippen molar-refractivity contribution in [2.45, 2.75) is 20.0 Å². The van der Waals surface area contributed by atoms with E-state index in [-0.39, 0.29) is 24.1 Å². The SMILES string of the molecule is CCCNC(=O)c1cc(COc2ccc(NC(=O)c3ccccc3)cc2)on1. The number of hydrogen-bond acceptors (Lipinski definition) is 5. The van der Waals surface area contributed by atoms with Gasteiger partial charge in [0.15, 0.2) is 11.5 Å². The van der Waals surface area contributed by atoms with Crippen LogP contribution in [0.4, 0.5) is 5.69 Å². The van der Waals surface area contributed by atoms with E-state index in [1.165, 1.54) is 0 Å². The summed E-state index contributed by atoms with van der Waals surface area (Å²) in [5.41, 5.74) is 1.48. The topological polar surface area (TPSA) is 93.5 Å². The Morgan fingerprint density at radius 2 is 1.79 bits per heavy atom. The molecule has 2 aromatic carbocycles. The Labute approximate surface area is 162 Å². The number of nitrogens with one attached hydrogen (secondary N) is 2. The molecule has 0 bridgehead atoms. The Morgan fingerprint density at radius 1 is 1.04 bits per heavy atom. The van der Waals surface area contributed by atoms with E-state index < -0.39 is 0 Å². The predicted molar refractivity (Wildman–Crippen MR) is 104 cm³/mol. The van der Waals surface area contributed by atoms with Crippen LogP contribution in [0, 0.1) is 0 Å². The second-order valence-electron chi connectivity index (χ2n) is 6.07. The summed E-state index contributed by atoms with van der Waals surface area (Å²) in [5, 5.41) is 9.30. The molecule has 0 atom stereocenters. The van der Waals surface area contributed by atoms with Gasteiger partial charge in [0.25, 0.3) is 11.8 Å². The van der Waals surface area contributed by atoms with Crippen LogP contribution in [-0.4, -0.2) is 23.5 Å². The lowest BCUT2D eigenvalue weighted by Crippen LogP contribution is -2.24. The van der Waals surface area contributed by atoms with Gasteiger partial charge in [0.05, 0.1) is 0 Å². The van der Waals surface area contributed by atoms with E-state index in [1.807, 2.05) is 25.1 Å². The third kappa shape index (κ3) is 5.20.